The highest BCUT2D eigenvalue weighted by Crippen LogP contribution is 2.21. The van der Waals surface area contributed by atoms with Gasteiger partial charge in [0.1, 0.15) is 5.69 Å². The van der Waals surface area contributed by atoms with E-state index in [9.17, 15) is 4.79 Å². The number of carbonyl (C=O) groups is 1. The van der Waals surface area contributed by atoms with Crippen molar-refractivity contribution in [2.24, 2.45) is 0 Å². The van der Waals surface area contributed by atoms with Gasteiger partial charge in [-0.3, -0.25) is 0 Å². The fourth-order valence-electron chi connectivity index (χ4n) is 2.44. The molecule has 27 heavy (non-hydrogen) atoms. The van der Waals surface area contributed by atoms with Crippen LogP contribution in [0.2, 0.25) is 0 Å². The lowest BCUT2D eigenvalue weighted by molar-refractivity contribution is 0.0678. The minimum absolute atomic E-state index is 0.0386. The largest absolute Gasteiger partial charge is 0.475 e. The Kier molecular flexibility index (Phi) is 5.33. The summed E-state index contributed by atoms with van der Waals surface area (Å²) < 4.78 is 6.88. The molecule has 0 bridgehead atoms. The molecule has 0 aliphatic carbocycles. The van der Waals surface area contributed by atoms with Gasteiger partial charge in [0.15, 0.2) is 5.76 Å². The molecule has 3 rings (SSSR count). The zero-order valence-electron chi connectivity index (χ0n) is 14.7. The number of aromatic nitrogens is 3. The highest BCUT2D eigenvalue weighted by Gasteiger charge is 2.13. The molecule has 0 spiro atoms. The van der Waals surface area contributed by atoms with E-state index in [0.717, 1.165) is 16.7 Å². The molecule has 0 saturated heterocycles. The van der Waals surface area contributed by atoms with E-state index < -0.39 is 5.97 Å². The van der Waals surface area contributed by atoms with Crippen LogP contribution in [0.25, 0.3) is 11.3 Å². The zero-order chi connectivity index (χ0) is 19.2. The fourth-order valence-corrected chi connectivity index (χ4v) is 2.44. The van der Waals surface area contributed by atoms with Crippen molar-refractivity contribution in [3.05, 3.63) is 84.1 Å². The average molecular weight is 359 g/mol. The standard InChI is InChI=1S/C21H17N3O3/c1-3-4-15(2)5-6-16-7-9-17(10-8-16)19-13-18(23-27-19)14-24-12-11-22-20(24)21(25)26/h3-4,7-13H,1,14H2,2H3,(H,25,26)/b15-4+. The van der Waals surface area contributed by atoms with E-state index in [4.69, 9.17) is 9.63 Å². The third-order valence-corrected chi connectivity index (χ3v) is 3.74. The van der Waals surface area contributed by atoms with Gasteiger partial charge in [0.25, 0.3) is 0 Å². The van der Waals surface area contributed by atoms with Gasteiger partial charge in [-0.1, -0.05) is 35.7 Å². The highest BCUT2D eigenvalue weighted by molar-refractivity contribution is 5.83. The maximum atomic E-state index is 11.1. The number of benzene rings is 1. The first-order valence-electron chi connectivity index (χ1n) is 8.18. The number of rotatable bonds is 5. The summed E-state index contributed by atoms with van der Waals surface area (Å²) in [6.07, 6.45) is 6.59. The zero-order valence-corrected chi connectivity index (χ0v) is 14.7. The molecule has 0 unspecified atom stereocenters. The quantitative estimate of drug-likeness (QED) is 0.554. The molecule has 0 amide bonds. The molecule has 0 fully saturated rings. The van der Waals surface area contributed by atoms with Crippen molar-refractivity contribution in [1.82, 2.24) is 14.7 Å². The molecular weight excluding hydrogens is 342 g/mol. The predicted molar refractivity (Wildman–Crippen MR) is 101 cm³/mol. The number of aromatic carboxylic acids is 1. The highest BCUT2D eigenvalue weighted by atomic mass is 16.5. The first kappa shape index (κ1) is 18.0. The van der Waals surface area contributed by atoms with Gasteiger partial charge in [-0.25, -0.2) is 9.78 Å². The van der Waals surface area contributed by atoms with E-state index in [-0.39, 0.29) is 12.4 Å². The van der Waals surface area contributed by atoms with Crippen LogP contribution in [0.5, 0.6) is 0 Å². The summed E-state index contributed by atoms with van der Waals surface area (Å²) in [5.74, 6) is 5.61. The van der Waals surface area contributed by atoms with Crippen molar-refractivity contribution in [1.29, 1.82) is 0 Å². The molecule has 1 aromatic carbocycles. The van der Waals surface area contributed by atoms with Crippen LogP contribution in [0.1, 0.15) is 28.8 Å². The molecule has 0 saturated carbocycles. The predicted octanol–water partition coefficient (Wildman–Crippen LogP) is 3.77. The lowest BCUT2D eigenvalue weighted by Gasteiger charge is -2.00. The number of imidazole rings is 1. The second kappa shape index (κ2) is 8.02. The maximum absolute atomic E-state index is 11.1. The van der Waals surface area contributed by atoms with E-state index in [0.29, 0.717) is 11.5 Å². The molecular formula is C21H17N3O3. The summed E-state index contributed by atoms with van der Waals surface area (Å²) in [5.41, 5.74) is 3.30. The Hall–Kier alpha value is -3.85. The van der Waals surface area contributed by atoms with Gasteiger partial charge in [-0.15, -0.1) is 0 Å². The van der Waals surface area contributed by atoms with Crippen molar-refractivity contribution in [2.45, 2.75) is 13.5 Å². The monoisotopic (exact) mass is 359 g/mol. The second-order valence-corrected chi connectivity index (χ2v) is 5.78. The number of carboxylic acids is 1. The molecule has 2 aromatic heterocycles. The van der Waals surface area contributed by atoms with Gasteiger partial charge >= 0.3 is 5.97 Å². The summed E-state index contributed by atoms with van der Waals surface area (Å²) in [6, 6.07) is 9.40. The van der Waals surface area contributed by atoms with Gasteiger partial charge < -0.3 is 14.2 Å². The van der Waals surface area contributed by atoms with Gasteiger partial charge in [-0.2, -0.15) is 0 Å². The Morgan fingerprint density at radius 3 is 2.85 bits per heavy atom. The summed E-state index contributed by atoms with van der Waals surface area (Å²) in [6.45, 7) is 5.84. The van der Waals surface area contributed by atoms with Crippen LogP contribution in [0.4, 0.5) is 0 Å². The summed E-state index contributed by atoms with van der Waals surface area (Å²) in [5, 5.41) is 13.1. The molecule has 6 heteroatoms. The van der Waals surface area contributed by atoms with E-state index in [1.165, 1.54) is 10.8 Å². The Morgan fingerprint density at radius 2 is 2.15 bits per heavy atom. The fraction of sp³-hybridized carbons (Fsp3) is 0.0952. The Labute approximate surface area is 156 Å². The smallest absolute Gasteiger partial charge is 0.372 e. The van der Waals surface area contributed by atoms with Gasteiger partial charge in [0, 0.05) is 29.6 Å². The lowest BCUT2D eigenvalue weighted by Crippen LogP contribution is -2.10. The molecule has 134 valence electrons. The molecule has 0 aliphatic rings. The number of carboxylic acid groups (broad SMARTS) is 1. The summed E-state index contributed by atoms with van der Waals surface area (Å²) in [7, 11) is 0. The van der Waals surface area contributed by atoms with Crippen LogP contribution in [-0.2, 0) is 6.54 Å². The van der Waals surface area contributed by atoms with Crippen LogP contribution in [0.15, 0.2) is 71.6 Å². The van der Waals surface area contributed by atoms with Gasteiger partial charge in [0.2, 0.25) is 5.82 Å². The van der Waals surface area contributed by atoms with E-state index in [1.807, 2.05) is 37.3 Å². The first-order valence-corrected chi connectivity index (χ1v) is 8.18. The summed E-state index contributed by atoms with van der Waals surface area (Å²) >= 11 is 0. The number of allylic oxidation sites excluding steroid dienone is 3. The van der Waals surface area contributed by atoms with Crippen molar-refractivity contribution in [3.63, 3.8) is 0 Å². The maximum Gasteiger partial charge on any atom is 0.372 e. The minimum Gasteiger partial charge on any atom is -0.475 e. The Morgan fingerprint density at radius 1 is 1.37 bits per heavy atom. The van der Waals surface area contributed by atoms with Gasteiger partial charge in [-0.05, 0) is 36.8 Å². The van der Waals surface area contributed by atoms with Gasteiger partial charge in [0.05, 0.1) is 6.54 Å². The second-order valence-electron chi connectivity index (χ2n) is 5.78. The number of hydrogen-bond acceptors (Lipinski definition) is 4. The van der Waals surface area contributed by atoms with Crippen LogP contribution >= 0.6 is 0 Å². The van der Waals surface area contributed by atoms with E-state index >= 15 is 0 Å². The van der Waals surface area contributed by atoms with Crippen molar-refractivity contribution >= 4 is 5.97 Å². The number of nitrogens with zero attached hydrogens (tertiary/aromatic N) is 3. The molecule has 0 aliphatic heterocycles. The first-order chi connectivity index (χ1) is 13.1. The number of hydrogen-bond donors (Lipinski definition) is 1. The third kappa shape index (κ3) is 4.41. The molecule has 3 aromatic rings. The third-order valence-electron chi connectivity index (χ3n) is 3.74. The van der Waals surface area contributed by atoms with Crippen LogP contribution in [0, 0.1) is 11.8 Å². The lowest BCUT2D eigenvalue weighted by atomic mass is 10.1. The van der Waals surface area contributed by atoms with Crippen molar-refractivity contribution < 1.29 is 14.4 Å². The molecule has 0 radical (unpaired) electrons. The van der Waals surface area contributed by atoms with Crippen molar-refractivity contribution in [3.8, 4) is 23.2 Å². The Balaban J connectivity index is 1.74. The molecule has 2 heterocycles. The SMILES string of the molecule is C=C/C=C(\C)C#Cc1ccc(-c2cc(Cn3ccnc3C(=O)O)no2)cc1. The normalized spacial score (nSPS) is 10.9. The van der Waals surface area contributed by atoms with E-state index in [1.54, 1.807) is 18.3 Å². The molecule has 1 N–H and O–H groups in total. The molecule has 0 atom stereocenters. The van der Waals surface area contributed by atoms with E-state index in [2.05, 4.69) is 28.6 Å². The topological polar surface area (TPSA) is 81.2 Å². The van der Waals surface area contributed by atoms with Crippen molar-refractivity contribution in [2.75, 3.05) is 0 Å². The average Bonchev–Trinajstić information content (AvgIpc) is 3.31. The summed E-state index contributed by atoms with van der Waals surface area (Å²) in [4.78, 5) is 14.9. The Bertz CT molecular complexity index is 1060. The van der Waals surface area contributed by atoms with Crippen LogP contribution in [-0.4, -0.2) is 25.8 Å². The van der Waals surface area contributed by atoms with Crippen LogP contribution in [0.3, 0.4) is 0 Å². The minimum atomic E-state index is -1.08. The van der Waals surface area contributed by atoms with Crippen LogP contribution < -0.4 is 0 Å². The molecule has 6 nitrogen and oxygen atoms in total.